The number of anilines is 1. The Bertz CT molecular complexity index is 469. The van der Waals surface area contributed by atoms with Gasteiger partial charge in [-0.3, -0.25) is 4.79 Å². The SMILES string of the molecule is CCOc1ncnc(NC(CC(=O)O)C(C)(C)C)c1C. The number of aliphatic carboxylic acids is 1. The van der Waals surface area contributed by atoms with E-state index in [1.165, 1.54) is 6.33 Å². The molecule has 0 bridgehead atoms. The van der Waals surface area contributed by atoms with Gasteiger partial charge in [0.2, 0.25) is 5.88 Å². The maximum atomic E-state index is 11.0. The molecule has 20 heavy (non-hydrogen) atoms. The Morgan fingerprint density at radius 1 is 1.45 bits per heavy atom. The lowest BCUT2D eigenvalue weighted by molar-refractivity contribution is -0.137. The molecule has 0 aliphatic heterocycles. The largest absolute Gasteiger partial charge is 0.481 e. The van der Waals surface area contributed by atoms with E-state index in [1.807, 2.05) is 34.6 Å². The third kappa shape index (κ3) is 4.36. The molecule has 1 rings (SSSR count). The van der Waals surface area contributed by atoms with Crippen molar-refractivity contribution in [2.24, 2.45) is 5.41 Å². The van der Waals surface area contributed by atoms with E-state index in [-0.39, 0.29) is 17.9 Å². The average molecular weight is 281 g/mol. The van der Waals surface area contributed by atoms with Gasteiger partial charge in [0.05, 0.1) is 18.6 Å². The molecule has 2 N–H and O–H groups in total. The molecule has 0 amide bonds. The molecule has 1 aromatic rings. The predicted molar refractivity (Wildman–Crippen MR) is 77.1 cm³/mol. The topological polar surface area (TPSA) is 84.3 Å². The van der Waals surface area contributed by atoms with Crippen LogP contribution in [0, 0.1) is 12.3 Å². The molecular formula is C14H23N3O3. The Balaban J connectivity index is 2.99. The van der Waals surface area contributed by atoms with Crippen molar-refractivity contribution in [1.29, 1.82) is 0 Å². The number of carbonyl (C=O) groups is 1. The molecule has 0 radical (unpaired) electrons. The number of ether oxygens (including phenoxy) is 1. The number of aromatic nitrogens is 2. The molecule has 6 nitrogen and oxygen atoms in total. The second kappa shape index (κ2) is 6.54. The van der Waals surface area contributed by atoms with E-state index in [9.17, 15) is 4.79 Å². The molecule has 112 valence electrons. The lowest BCUT2D eigenvalue weighted by Gasteiger charge is -2.31. The summed E-state index contributed by atoms with van der Waals surface area (Å²) in [5.41, 5.74) is 0.579. The fourth-order valence-electron chi connectivity index (χ4n) is 1.78. The predicted octanol–water partition coefficient (Wildman–Crippen LogP) is 2.49. The number of hydrogen-bond donors (Lipinski definition) is 2. The first-order valence-corrected chi connectivity index (χ1v) is 6.68. The monoisotopic (exact) mass is 281 g/mol. The molecule has 6 heteroatoms. The minimum atomic E-state index is -0.839. The van der Waals surface area contributed by atoms with Crippen LogP contribution in [0.1, 0.15) is 39.7 Å². The molecule has 0 aliphatic carbocycles. The second-order valence-electron chi connectivity index (χ2n) is 5.75. The Morgan fingerprint density at radius 2 is 2.10 bits per heavy atom. The van der Waals surface area contributed by atoms with Crippen molar-refractivity contribution < 1.29 is 14.6 Å². The molecule has 0 saturated heterocycles. The Kier molecular flexibility index (Phi) is 5.30. The van der Waals surface area contributed by atoms with Crippen LogP contribution in [0.15, 0.2) is 6.33 Å². The van der Waals surface area contributed by atoms with Crippen LogP contribution >= 0.6 is 0 Å². The van der Waals surface area contributed by atoms with Crippen molar-refractivity contribution in [2.45, 2.75) is 47.1 Å². The summed E-state index contributed by atoms with van der Waals surface area (Å²) in [6.45, 7) is 10.2. The van der Waals surface area contributed by atoms with Crippen LogP contribution in [-0.4, -0.2) is 33.7 Å². The summed E-state index contributed by atoms with van der Waals surface area (Å²) >= 11 is 0. The summed E-state index contributed by atoms with van der Waals surface area (Å²) in [5, 5.41) is 12.2. The van der Waals surface area contributed by atoms with Crippen LogP contribution < -0.4 is 10.1 Å². The summed E-state index contributed by atoms with van der Waals surface area (Å²) in [5.74, 6) is 0.298. The summed E-state index contributed by atoms with van der Waals surface area (Å²) in [4.78, 5) is 19.3. The van der Waals surface area contributed by atoms with E-state index in [0.29, 0.717) is 18.3 Å². The molecule has 0 fully saturated rings. The third-order valence-electron chi connectivity index (χ3n) is 3.05. The van der Waals surface area contributed by atoms with Gasteiger partial charge < -0.3 is 15.2 Å². The zero-order valence-electron chi connectivity index (χ0n) is 12.7. The normalized spacial score (nSPS) is 12.8. The van der Waals surface area contributed by atoms with Gasteiger partial charge in [0, 0.05) is 6.04 Å². The van der Waals surface area contributed by atoms with Crippen LogP contribution in [0.25, 0.3) is 0 Å². The van der Waals surface area contributed by atoms with E-state index >= 15 is 0 Å². The smallest absolute Gasteiger partial charge is 0.305 e. The molecule has 1 aromatic heterocycles. The van der Waals surface area contributed by atoms with Gasteiger partial charge in [0.25, 0.3) is 0 Å². The highest BCUT2D eigenvalue weighted by Gasteiger charge is 2.28. The number of hydrogen-bond acceptors (Lipinski definition) is 5. The van der Waals surface area contributed by atoms with Crippen molar-refractivity contribution in [1.82, 2.24) is 9.97 Å². The van der Waals surface area contributed by atoms with Gasteiger partial charge in [-0.1, -0.05) is 20.8 Å². The molecule has 1 unspecified atom stereocenters. The highest BCUT2D eigenvalue weighted by atomic mass is 16.5. The number of rotatable bonds is 6. The molecule has 0 spiro atoms. The Morgan fingerprint density at radius 3 is 2.60 bits per heavy atom. The standard InChI is InChI=1S/C14H23N3O3/c1-6-20-13-9(2)12(15-8-16-13)17-10(7-11(18)19)14(3,4)5/h8,10H,6-7H2,1-5H3,(H,18,19)(H,15,16,17). The van der Waals surface area contributed by atoms with Gasteiger partial charge >= 0.3 is 5.97 Å². The molecule has 0 saturated carbocycles. The molecular weight excluding hydrogens is 258 g/mol. The van der Waals surface area contributed by atoms with Crippen molar-refractivity contribution in [3.63, 3.8) is 0 Å². The van der Waals surface area contributed by atoms with Gasteiger partial charge in [-0.25, -0.2) is 9.97 Å². The van der Waals surface area contributed by atoms with Gasteiger partial charge in [0.1, 0.15) is 12.1 Å². The van der Waals surface area contributed by atoms with E-state index in [4.69, 9.17) is 9.84 Å². The first-order chi connectivity index (χ1) is 9.25. The van der Waals surface area contributed by atoms with Gasteiger partial charge in [0.15, 0.2) is 0 Å². The number of nitrogens with zero attached hydrogens (tertiary/aromatic N) is 2. The fourth-order valence-corrected chi connectivity index (χ4v) is 1.78. The van der Waals surface area contributed by atoms with Crippen molar-refractivity contribution in [3.8, 4) is 5.88 Å². The quantitative estimate of drug-likeness (QED) is 0.833. The highest BCUT2D eigenvalue weighted by Crippen LogP contribution is 2.28. The lowest BCUT2D eigenvalue weighted by Crippen LogP contribution is -2.36. The number of carboxylic acid groups (broad SMARTS) is 1. The summed E-state index contributed by atoms with van der Waals surface area (Å²) in [7, 11) is 0. The fraction of sp³-hybridized carbons (Fsp3) is 0.643. The molecule has 1 heterocycles. The second-order valence-corrected chi connectivity index (χ2v) is 5.75. The maximum Gasteiger partial charge on any atom is 0.305 e. The van der Waals surface area contributed by atoms with Crippen LogP contribution in [-0.2, 0) is 4.79 Å². The van der Waals surface area contributed by atoms with Crippen molar-refractivity contribution in [3.05, 3.63) is 11.9 Å². The maximum absolute atomic E-state index is 11.0. The molecule has 0 aromatic carbocycles. The van der Waals surface area contributed by atoms with Crippen LogP contribution in [0.2, 0.25) is 0 Å². The Labute approximate surface area is 119 Å². The van der Waals surface area contributed by atoms with E-state index in [1.54, 1.807) is 0 Å². The van der Waals surface area contributed by atoms with Crippen molar-refractivity contribution >= 4 is 11.8 Å². The number of nitrogens with one attached hydrogen (secondary N) is 1. The van der Waals surface area contributed by atoms with E-state index in [2.05, 4.69) is 15.3 Å². The highest BCUT2D eigenvalue weighted by molar-refractivity contribution is 5.68. The first-order valence-electron chi connectivity index (χ1n) is 6.68. The van der Waals surface area contributed by atoms with Crippen LogP contribution in [0.4, 0.5) is 5.82 Å². The Hall–Kier alpha value is -1.85. The van der Waals surface area contributed by atoms with Gasteiger partial charge in [-0.2, -0.15) is 0 Å². The zero-order chi connectivity index (χ0) is 15.3. The number of carboxylic acids is 1. The minimum Gasteiger partial charge on any atom is -0.481 e. The lowest BCUT2D eigenvalue weighted by atomic mass is 9.84. The molecule has 1 atom stereocenters. The van der Waals surface area contributed by atoms with E-state index in [0.717, 1.165) is 5.56 Å². The van der Waals surface area contributed by atoms with Gasteiger partial charge in [-0.05, 0) is 19.3 Å². The third-order valence-corrected chi connectivity index (χ3v) is 3.05. The van der Waals surface area contributed by atoms with E-state index < -0.39 is 5.97 Å². The summed E-state index contributed by atoms with van der Waals surface area (Å²) in [6, 6.07) is -0.233. The van der Waals surface area contributed by atoms with Crippen LogP contribution in [0.5, 0.6) is 5.88 Å². The first kappa shape index (κ1) is 16.2. The summed E-state index contributed by atoms with van der Waals surface area (Å²) < 4.78 is 5.42. The van der Waals surface area contributed by atoms with Crippen LogP contribution in [0.3, 0.4) is 0 Å². The van der Waals surface area contributed by atoms with Crippen molar-refractivity contribution in [2.75, 3.05) is 11.9 Å². The summed E-state index contributed by atoms with van der Waals surface area (Å²) in [6.07, 6.45) is 1.44. The zero-order valence-corrected chi connectivity index (χ0v) is 12.7. The average Bonchev–Trinajstić information content (AvgIpc) is 2.31. The van der Waals surface area contributed by atoms with Gasteiger partial charge in [-0.15, -0.1) is 0 Å². The molecule has 0 aliphatic rings. The minimum absolute atomic E-state index is 0.0247.